The summed E-state index contributed by atoms with van der Waals surface area (Å²) in [7, 11) is 1.63. The molecule has 6 nitrogen and oxygen atoms in total. The second-order valence-electron chi connectivity index (χ2n) is 7.20. The molecule has 0 aliphatic carbocycles. The molecule has 2 heterocycles. The standard InChI is InChI=1S/C22H25N3O3/c1-28-15-14-25-20(18-6-2-3-7-19(18)22(25)27)23-17-10-8-16(9-11-17)21(26)24-12-4-5-13-24/h2-3,6-11,20,23H,4-5,12-15H2,1H3/t20-/m1/s1. The molecule has 146 valence electrons. The Morgan fingerprint density at radius 1 is 1.11 bits per heavy atom. The van der Waals surface area contributed by atoms with Crippen LogP contribution in [-0.4, -0.2) is 55.0 Å². The van der Waals surface area contributed by atoms with Crippen molar-refractivity contribution in [3.8, 4) is 0 Å². The van der Waals surface area contributed by atoms with Gasteiger partial charge in [0.05, 0.1) is 6.61 Å². The molecule has 0 saturated carbocycles. The molecule has 2 aliphatic heterocycles. The van der Waals surface area contributed by atoms with Gasteiger partial charge in [0.15, 0.2) is 0 Å². The molecule has 0 spiro atoms. The van der Waals surface area contributed by atoms with Gasteiger partial charge in [-0.05, 0) is 43.2 Å². The van der Waals surface area contributed by atoms with Crippen LogP contribution in [0, 0.1) is 0 Å². The molecule has 1 fully saturated rings. The lowest BCUT2D eigenvalue weighted by molar-refractivity contribution is 0.0674. The Labute approximate surface area is 165 Å². The Kier molecular flexibility index (Phi) is 5.30. The quantitative estimate of drug-likeness (QED) is 0.838. The van der Waals surface area contributed by atoms with Crippen LogP contribution in [0.25, 0.3) is 0 Å². The first-order chi connectivity index (χ1) is 13.7. The van der Waals surface area contributed by atoms with Crippen LogP contribution in [-0.2, 0) is 4.74 Å². The topological polar surface area (TPSA) is 61.9 Å². The van der Waals surface area contributed by atoms with Crippen molar-refractivity contribution in [2.45, 2.75) is 19.0 Å². The SMILES string of the molecule is COCCN1C(=O)c2ccccc2[C@@H]1Nc1ccc(C(=O)N2CCCC2)cc1. The van der Waals surface area contributed by atoms with Gasteiger partial charge in [0.1, 0.15) is 6.17 Å². The normalized spacial score (nSPS) is 18.5. The summed E-state index contributed by atoms with van der Waals surface area (Å²) in [4.78, 5) is 29.0. The largest absolute Gasteiger partial charge is 0.383 e. The number of ether oxygens (including phenoxy) is 1. The van der Waals surface area contributed by atoms with Crippen molar-refractivity contribution in [2.24, 2.45) is 0 Å². The predicted octanol–water partition coefficient (Wildman–Crippen LogP) is 3.14. The summed E-state index contributed by atoms with van der Waals surface area (Å²) >= 11 is 0. The van der Waals surface area contributed by atoms with Gasteiger partial charge in [-0.15, -0.1) is 0 Å². The lowest BCUT2D eigenvalue weighted by Gasteiger charge is -2.27. The highest BCUT2D eigenvalue weighted by atomic mass is 16.5. The smallest absolute Gasteiger partial charge is 0.256 e. The van der Waals surface area contributed by atoms with E-state index < -0.39 is 0 Å². The minimum Gasteiger partial charge on any atom is -0.383 e. The van der Waals surface area contributed by atoms with Crippen molar-refractivity contribution in [2.75, 3.05) is 38.7 Å². The molecule has 1 saturated heterocycles. The first-order valence-corrected chi connectivity index (χ1v) is 9.74. The highest BCUT2D eigenvalue weighted by molar-refractivity contribution is 5.99. The van der Waals surface area contributed by atoms with E-state index in [1.54, 1.807) is 12.0 Å². The summed E-state index contributed by atoms with van der Waals surface area (Å²) in [5.41, 5.74) is 3.25. The molecule has 2 amide bonds. The number of carbonyl (C=O) groups excluding carboxylic acids is 2. The predicted molar refractivity (Wildman–Crippen MR) is 107 cm³/mol. The van der Waals surface area contributed by atoms with Gasteiger partial charge in [0.25, 0.3) is 11.8 Å². The van der Waals surface area contributed by atoms with Gasteiger partial charge in [-0.2, -0.15) is 0 Å². The molecule has 0 radical (unpaired) electrons. The summed E-state index contributed by atoms with van der Waals surface area (Å²) in [6.45, 7) is 2.66. The van der Waals surface area contributed by atoms with Crippen molar-refractivity contribution in [1.29, 1.82) is 0 Å². The van der Waals surface area contributed by atoms with Crippen molar-refractivity contribution in [1.82, 2.24) is 9.80 Å². The number of hydrogen-bond acceptors (Lipinski definition) is 4. The zero-order chi connectivity index (χ0) is 19.5. The third kappa shape index (κ3) is 3.47. The molecule has 2 aromatic carbocycles. The number of anilines is 1. The third-order valence-electron chi connectivity index (χ3n) is 5.42. The van der Waals surface area contributed by atoms with Crippen LogP contribution in [0.4, 0.5) is 5.69 Å². The molecule has 1 N–H and O–H groups in total. The molecular formula is C22H25N3O3. The third-order valence-corrected chi connectivity index (χ3v) is 5.42. The Morgan fingerprint density at radius 3 is 2.54 bits per heavy atom. The molecule has 6 heteroatoms. The number of benzene rings is 2. The second kappa shape index (κ2) is 8.02. The van der Waals surface area contributed by atoms with E-state index in [9.17, 15) is 9.59 Å². The summed E-state index contributed by atoms with van der Waals surface area (Å²) in [5.74, 6) is 0.0955. The highest BCUT2D eigenvalue weighted by Gasteiger charge is 2.36. The van der Waals surface area contributed by atoms with Gasteiger partial charge >= 0.3 is 0 Å². The molecule has 1 atom stereocenters. The first-order valence-electron chi connectivity index (χ1n) is 9.74. The van der Waals surface area contributed by atoms with Gasteiger partial charge in [-0.25, -0.2) is 0 Å². The molecular weight excluding hydrogens is 354 g/mol. The van der Waals surface area contributed by atoms with Crippen molar-refractivity contribution < 1.29 is 14.3 Å². The summed E-state index contributed by atoms with van der Waals surface area (Å²) in [5, 5.41) is 3.45. The highest BCUT2D eigenvalue weighted by Crippen LogP contribution is 2.34. The van der Waals surface area contributed by atoms with E-state index in [0.29, 0.717) is 18.7 Å². The molecule has 4 rings (SSSR count). The van der Waals surface area contributed by atoms with Crippen molar-refractivity contribution in [3.63, 3.8) is 0 Å². The Morgan fingerprint density at radius 2 is 1.82 bits per heavy atom. The van der Waals surface area contributed by atoms with Crippen LogP contribution in [0.3, 0.4) is 0 Å². The fourth-order valence-electron chi connectivity index (χ4n) is 3.92. The van der Waals surface area contributed by atoms with Crippen LogP contribution in [0.2, 0.25) is 0 Å². The maximum absolute atomic E-state index is 12.8. The lowest BCUT2D eigenvalue weighted by Crippen LogP contribution is -2.35. The van der Waals surface area contributed by atoms with Gasteiger partial charge in [0, 0.05) is 49.1 Å². The average Bonchev–Trinajstić information content (AvgIpc) is 3.35. The summed E-state index contributed by atoms with van der Waals surface area (Å²) < 4.78 is 5.18. The zero-order valence-electron chi connectivity index (χ0n) is 16.1. The number of nitrogens with zero attached hydrogens (tertiary/aromatic N) is 2. The van der Waals surface area contributed by atoms with E-state index in [4.69, 9.17) is 4.74 Å². The molecule has 28 heavy (non-hydrogen) atoms. The fourth-order valence-corrected chi connectivity index (χ4v) is 3.92. The average molecular weight is 379 g/mol. The van der Waals surface area contributed by atoms with Gasteiger partial charge in [-0.1, -0.05) is 18.2 Å². The fraction of sp³-hybridized carbons (Fsp3) is 0.364. The van der Waals surface area contributed by atoms with E-state index >= 15 is 0 Å². The molecule has 0 bridgehead atoms. The Balaban J connectivity index is 1.53. The maximum Gasteiger partial charge on any atom is 0.256 e. The van der Waals surface area contributed by atoms with Crippen LogP contribution >= 0.6 is 0 Å². The molecule has 2 aromatic rings. The number of fused-ring (bicyclic) bond motifs is 1. The van der Waals surface area contributed by atoms with E-state index in [2.05, 4.69) is 5.32 Å². The summed E-state index contributed by atoms with van der Waals surface area (Å²) in [6, 6.07) is 15.2. The Bertz CT molecular complexity index is 860. The minimum absolute atomic E-state index is 0.00554. The molecule has 0 aromatic heterocycles. The number of rotatable bonds is 6. The van der Waals surface area contributed by atoms with E-state index in [0.717, 1.165) is 42.7 Å². The van der Waals surface area contributed by atoms with Crippen LogP contribution < -0.4 is 5.32 Å². The number of nitrogens with one attached hydrogen (secondary N) is 1. The van der Waals surface area contributed by atoms with E-state index in [1.807, 2.05) is 53.4 Å². The zero-order valence-corrected chi connectivity index (χ0v) is 16.1. The van der Waals surface area contributed by atoms with Gasteiger partial charge in [0.2, 0.25) is 0 Å². The second-order valence-corrected chi connectivity index (χ2v) is 7.20. The number of hydrogen-bond donors (Lipinski definition) is 1. The van der Waals surface area contributed by atoms with Crippen LogP contribution in [0.5, 0.6) is 0 Å². The number of methoxy groups -OCH3 is 1. The van der Waals surface area contributed by atoms with Gasteiger partial charge < -0.3 is 19.9 Å². The molecule has 2 aliphatic rings. The minimum atomic E-state index is -0.251. The number of likely N-dealkylation sites (tertiary alicyclic amines) is 1. The van der Waals surface area contributed by atoms with E-state index in [1.165, 1.54) is 0 Å². The maximum atomic E-state index is 12.8. The number of amides is 2. The Hall–Kier alpha value is -2.86. The first kappa shape index (κ1) is 18.5. The molecule has 0 unspecified atom stereocenters. The van der Waals surface area contributed by atoms with E-state index in [-0.39, 0.29) is 18.0 Å². The van der Waals surface area contributed by atoms with Crippen LogP contribution in [0.1, 0.15) is 45.3 Å². The lowest BCUT2D eigenvalue weighted by atomic mass is 10.1. The van der Waals surface area contributed by atoms with Crippen LogP contribution in [0.15, 0.2) is 48.5 Å². The van der Waals surface area contributed by atoms with Crippen molar-refractivity contribution in [3.05, 3.63) is 65.2 Å². The summed E-state index contributed by atoms with van der Waals surface area (Å²) in [6.07, 6.45) is 1.91. The van der Waals surface area contributed by atoms with Crippen molar-refractivity contribution >= 4 is 17.5 Å². The van der Waals surface area contributed by atoms with Gasteiger partial charge in [-0.3, -0.25) is 9.59 Å². The monoisotopic (exact) mass is 379 g/mol. The number of carbonyl (C=O) groups is 2.